The average molecular weight is 288 g/mol. The van der Waals surface area contributed by atoms with Crippen molar-refractivity contribution in [2.45, 2.75) is 27.3 Å². The largest absolute Gasteiger partial charge is 0.311 e. The van der Waals surface area contributed by atoms with E-state index in [9.17, 15) is 10.1 Å². The van der Waals surface area contributed by atoms with Gasteiger partial charge < -0.3 is 5.32 Å². The minimum absolute atomic E-state index is 0.0692. The number of hydrogen-bond donors (Lipinski definition) is 1. The van der Waals surface area contributed by atoms with Crippen LogP contribution in [0.1, 0.15) is 25.1 Å². The third-order valence-electron chi connectivity index (χ3n) is 3.08. The smallest absolute Gasteiger partial charge is 0.295 e. The van der Waals surface area contributed by atoms with E-state index in [-0.39, 0.29) is 10.6 Å². The van der Waals surface area contributed by atoms with Gasteiger partial charge in [0.05, 0.1) is 10.6 Å². The maximum atomic E-state index is 11.2. The molecule has 2 aromatic rings. The third kappa shape index (κ3) is 3.88. The molecule has 6 heteroatoms. The average Bonchev–Trinajstić information content (AvgIpc) is 2.86. The summed E-state index contributed by atoms with van der Waals surface area (Å²) in [7, 11) is 0. The first kappa shape index (κ1) is 15.2. The fourth-order valence-corrected chi connectivity index (χ4v) is 2.05. The van der Waals surface area contributed by atoms with Crippen LogP contribution in [0.25, 0.3) is 5.69 Å². The maximum absolute atomic E-state index is 11.2. The van der Waals surface area contributed by atoms with Crippen molar-refractivity contribution in [1.82, 2.24) is 15.1 Å². The molecule has 0 unspecified atom stereocenters. The quantitative estimate of drug-likeness (QED) is 0.655. The predicted molar refractivity (Wildman–Crippen MR) is 81.5 cm³/mol. The Hall–Kier alpha value is -2.21. The van der Waals surface area contributed by atoms with Gasteiger partial charge in [0.15, 0.2) is 0 Å². The van der Waals surface area contributed by atoms with Crippen LogP contribution in [-0.2, 0) is 6.54 Å². The van der Waals surface area contributed by atoms with Crippen LogP contribution in [0, 0.1) is 23.0 Å². The van der Waals surface area contributed by atoms with Crippen LogP contribution in [0.4, 0.5) is 5.69 Å². The molecule has 6 nitrogen and oxygen atoms in total. The highest BCUT2D eigenvalue weighted by molar-refractivity contribution is 5.53. The second kappa shape index (κ2) is 6.49. The monoisotopic (exact) mass is 288 g/mol. The summed E-state index contributed by atoms with van der Waals surface area (Å²) in [5.41, 5.74) is 2.28. The molecule has 0 aliphatic rings. The van der Waals surface area contributed by atoms with E-state index < -0.39 is 0 Å². The minimum atomic E-state index is -0.374. The van der Waals surface area contributed by atoms with Crippen LogP contribution < -0.4 is 5.32 Å². The van der Waals surface area contributed by atoms with Crippen molar-refractivity contribution in [3.8, 4) is 5.69 Å². The van der Waals surface area contributed by atoms with Gasteiger partial charge in [-0.05, 0) is 37.1 Å². The van der Waals surface area contributed by atoms with Gasteiger partial charge in [0.25, 0.3) is 5.69 Å². The van der Waals surface area contributed by atoms with Crippen molar-refractivity contribution >= 4 is 5.69 Å². The molecule has 1 heterocycles. The lowest BCUT2D eigenvalue weighted by atomic mass is 10.2. The number of nitro benzene ring substituents is 1. The molecule has 0 saturated carbocycles. The topological polar surface area (TPSA) is 73.0 Å². The van der Waals surface area contributed by atoms with Crippen molar-refractivity contribution in [3.05, 3.63) is 51.8 Å². The molecule has 0 fully saturated rings. The van der Waals surface area contributed by atoms with Crippen molar-refractivity contribution in [2.24, 2.45) is 5.92 Å². The number of nitrogens with zero attached hydrogens (tertiary/aromatic N) is 3. The maximum Gasteiger partial charge on any atom is 0.295 e. The summed E-state index contributed by atoms with van der Waals surface area (Å²) in [6.07, 6.45) is 1.75. The van der Waals surface area contributed by atoms with Crippen LogP contribution in [0.5, 0.6) is 0 Å². The number of aromatic nitrogens is 2. The van der Waals surface area contributed by atoms with Crippen LogP contribution >= 0.6 is 0 Å². The first-order valence-electron chi connectivity index (χ1n) is 6.98. The molecule has 1 N–H and O–H groups in total. The number of aryl methyl sites for hydroxylation is 1. The molecule has 0 saturated heterocycles. The van der Waals surface area contributed by atoms with Gasteiger partial charge >= 0.3 is 0 Å². The SMILES string of the molecule is Cc1ccc(-n2ccc(CNCC(C)C)n2)c([N+](=O)[O-])c1. The van der Waals surface area contributed by atoms with E-state index >= 15 is 0 Å². The number of hydrogen-bond acceptors (Lipinski definition) is 4. The standard InChI is InChI=1S/C15H20N4O2/c1-11(2)9-16-10-13-6-7-18(17-13)14-5-4-12(3)8-15(14)19(20)21/h4-8,11,16H,9-10H2,1-3H3. The number of nitrogens with one attached hydrogen (secondary N) is 1. The summed E-state index contributed by atoms with van der Waals surface area (Å²) in [5, 5.41) is 18.9. The van der Waals surface area contributed by atoms with E-state index in [2.05, 4.69) is 24.3 Å². The Morgan fingerprint density at radius 2 is 2.14 bits per heavy atom. The van der Waals surface area contributed by atoms with Gasteiger partial charge in [-0.25, -0.2) is 4.68 Å². The molecule has 1 aromatic carbocycles. The van der Waals surface area contributed by atoms with E-state index in [1.807, 2.05) is 19.1 Å². The molecule has 21 heavy (non-hydrogen) atoms. The van der Waals surface area contributed by atoms with E-state index in [1.54, 1.807) is 23.0 Å². The molecule has 0 radical (unpaired) electrons. The first-order chi connectivity index (χ1) is 9.97. The molecular weight excluding hydrogens is 268 g/mol. The molecular formula is C15H20N4O2. The number of benzene rings is 1. The van der Waals surface area contributed by atoms with Gasteiger partial charge in [0, 0.05) is 18.8 Å². The van der Waals surface area contributed by atoms with Crippen LogP contribution in [0.2, 0.25) is 0 Å². The first-order valence-corrected chi connectivity index (χ1v) is 6.98. The zero-order chi connectivity index (χ0) is 15.4. The van der Waals surface area contributed by atoms with Gasteiger partial charge in [0.1, 0.15) is 5.69 Å². The van der Waals surface area contributed by atoms with Gasteiger partial charge in [-0.1, -0.05) is 19.9 Å². The van der Waals surface area contributed by atoms with Gasteiger partial charge in [-0.15, -0.1) is 0 Å². The Kier molecular flexibility index (Phi) is 4.70. The van der Waals surface area contributed by atoms with Gasteiger partial charge in [-0.2, -0.15) is 5.10 Å². The summed E-state index contributed by atoms with van der Waals surface area (Å²) < 4.78 is 1.56. The summed E-state index contributed by atoms with van der Waals surface area (Å²) in [6.45, 7) is 7.69. The lowest BCUT2D eigenvalue weighted by Gasteiger charge is -2.06. The van der Waals surface area contributed by atoms with Crippen LogP contribution in [-0.4, -0.2) is 21.2 Å². The zero-order valence-electron chi connectivity index (χ0n) is 12.5. The second-order valence-corrected chi connectivity index (χ2v) is 5.53. The van der Waals surface area contributed by atoms with Crippen LogP contribution in [0.3, 0.4) is 0 Å². The number of rotatable bonds is 6. The fourth-order valence-electron chi connectivity index (χ4n) is 2.05. The summed E-state index contributed by atoms with van der Waals surface area (Å²) in [4.78, 5) is 10.8. The molecule has 0 aliphatic heterocycles. The fraction of sp³-hybridized carbons (Fsp3) is 0.400. The molecule has 0 spiro atoms. The highest BCUT2D eigenvalue weighted by Crippen LogP contribution is 2.23. The Balaban J connectivity index is 2.19. The van der Waals surface area contributed by atoms with E-state index in [0.29, 0.717) is 18.2 Å². The van der Waals surface area contributed by atoms with E-state index in [1.165, 1.54) is 0 Å². The van der Waals surface area contributed by atoms with Gasteiger partial charge in [-0.3, -0.25) is 10.1 Å². The molecule has 0 aliphatic carbocycles. The molecule has 2 rings (SSSR count). The van der Waals surface area contributed by atoms with Crippen molar-refractivity contribution in [3.63, 3.8) is 0 Å². The lowest BCUT2D eigenvalue weighted by molar-refractivity contribution is -0.384. The Morgan fingerprint density at radius 3 is 2.81 bits per heavy atom. The zero-order valence-corrected chi connectivity index (χ0v) is 12.5. The minimum Gasteiger partial charge on any atom is -0.311 e. The highest BCUT2D eigenvalue weighted by atomic mass is 16.6. The summed E-state index contributed by atoms with van der Waals surface area (Å²) in [6, 6.07) is 7.01. The second-order valence-electron chi connectivity index (χ2n) is 5.53. The predicted octanol–water partition coefficient (Wildman–Crippen LogP) is 2.83. The van der Waals surface area contributed by atoms with E-state index in [4.69, 9.17) is 0 Å². The Labute approximate surface area is 123 Å². The van der Waals surface area contributed by atoms with Crippen molar-refractivity contribution < 1.29 is 4.92 Å². The summed E-state index contributed by atoms with van der Waals surface area (Å²) in [5.74, 6) is 0.574. The molecule has 1 aromatic heterocycles. The highest BCUT2D eigenvalue weighted by Gasteiger charge is 2.16. The normalized spacial score (nSPS) is 11.0. The number of nitro groups is 1. The molecule has 0 bridgehead atoms. The summed E-state index contributed by atoms with van der Waals surface area (Å²) >= 11 is 0. The van der Waals surface area contributed by atoms with Gasteiger partial charge in [0.2, 0.25) is 0 Å². The van der Waals surface area contributed by atoms with Crippen molar-refractivity contribution in [2.75, 3.05) is 6.54 Å². The van der Waals surface area contributed by atoms with E-state index in [0.717, 1.165) is 17.8 Å². The van der Waals surface area contributed by atoms with Crippen molar-refractivity contribution in [1.29, 1.82) is 0 Å². The Morgan fingerprint density at radius 1 is 1.38 bits per heavy atom. The molecule has 0 atom stereocenters. The molecule has 112 valence electrons. The van der Waals surface area contributed by atoms with Crippen LogP contribution in [0.15, 0.2) is 30.5 Å². The third-order valence-corrected chi connectivity index (χ3v) is 3.08. The lowest BCUT2D eigenvalue weighted by Crippen LogP contribution is -2.19. The molecule has 0 amide bonds. The Bertz CT molecular complexity index is 634.